The van der Waals surface area contributed by atoms with E-state index < -0.39 is 5.41 Å². The van der Waals surface area contributed by atoms with Crippen LogP contribution in [0.5, 0.6) is 0 Å². The molecule has 0 N–H and O–H groups in total. The van der Waals surface area contributed by atoms with Gasteiger partial charge in [0, 0.05) is 22.9 Å². The van der Waals surface area contributed by atoms with E-state index in [2.05, 4.69) is 11.1 Å². The third-order valence-electron chi connectivity index (χ3n) is 4.13. The molecule has 3 nitrogen and oxygen atoms in total. The highest BCUT2D eigenvalue weighted by Crippen LogP contribution is 2.41. The molecule has 1 aliphatic carbocycles. The Bertz CT molecular complexity index is 791. The zero-order valence-electron chi connectivity index (χ0n) is 12.1. The number of carbonyl (C=O) groups is 1. The van der Waals surface area contributed by atoms with Crippen LogP contribution in [0.2, 0.25) is 0 Å². The molecule has 0 aliphatic heterocycles. The van der Waals surface area contributed by atoms with Gasteiger partial charge in [0.15, 0.2) is 5.78 Å². The van der Waals surface area contributed by atoms with Crippen molar-refractivity contribution in [1.29, 1.82) is 5.26 Å². The minimum absolute atomic E-state index is 0.00144. The van der Waals surface area contributed by atoms with Gasteiger partial charge < -0.3 is 0 Å². The molecule has 21 heavy (non-hydrogen) atoms. The molecule has 0 amide bonds. The van der Waals surface area contributed by atoms with E-state index >= 15 is 0 Å². The van der Waals surface area contributed by atoms with Crippen LogP contribution in [-0.2, 0) is 4.79 Å². The zero-order chi connectivity index (χ0) is 15.0. The lowest BCUT2D eigenvalue weighted by Crippen LogP contribution is -2.31. The zero-order valence-corrected chi connectivity index (χ0v) is 12.1. The standard InChI is InChI=1S/C18H16N2O/c1-18(2)10-13(9-14(11-19)17(18)21)16-15-6-4-3-5-12(15)7-8-20-16/h3-9,13H,10H2,1-2H3. The summed E-state index contributed by atoms with van der Waals surface area (Å²) in [7, 11) is 0. The molecule has 3 rings (SSSR count). The van der Waals surface area contributed by atoms with Crippen LogP contribution in [0, 0.1) is 16.7 Å². The molecule has 0 radical (unpaired) electrons. The summed E-state index contributed by atoms with van der Waals surface area (Å²) >= 11 is 0. The van der Waals surface area contributed by atoms with Gasteiger partial charge >= 0.3 is 0 Å². The molecular weight excluding hydrogens is 260 g/mol. The van der Waals surface area contributed by atoms with Crippen LogP contribution in [0.25, 0.3) is 10.8 Å². The molecule has 0 fully saturated rings. The Kier molecular flexibility index (Phi) is 3.10. The number of pyridine rings is 1. The first-order valence-electron chi connectivity index (χ1n) is 7.03. The third kappa shape index (κ3) is 2.23. The summed E-state index contributed by atoms with van der Waals surface area (Å²) in [5.41, 5.74) is 0.677. The van der Waals surface area contributed by atoms with Crippen molar-refractivity contribution in [2.45, 2.75) is 26.2 Å². The predicted octanol–water partition coefficient (Wildman–Crippen LogP) is 3.77. The Hall–Kier alpha value is -2.47. The first kappa shape index (κ1) is 13.5. The van der Waals surface area contributed by atoms with E-state index in [4.69, 9.17) is 0 Å². The molecule has 2 aromatic rings. The first-order chi connectivity index (χ1) is 10.0. The van der Waals surface area contributed by atoms with Crippen molar-refractivity contribution in [1.82, 2.24) is 4.98 Å². The number of aromatic nitrogens is 1. The maximum absolute atomic E-state index is 12.2. The molecule has 3 heteroatoms. The fraction of sp³-hybridized carbons (Fsp3) is 0.278. The molecule has 1 heterocycles. The fourth-order valence-corrected chi connectivity index (χ4v) is 3.04. The molecular formula is C18H16N2O. The number of allylic oxidation sites excluding steroid dienone is 2. The number of hydrogen-bond acceptors (Lipinski definition) is 3. The van der Waals surface area contributed by atoms with Gasteiger partial charge in [-0.15, -0.1) is 0 Å². The smallest absolute Gasteiger partial charge is 0.178 e. The van der Waals surface area contributed by atoms with Gasteiger partial charge in [-0.3, -0.25) is 9.78 Å². The number of ketones is 1. The van der Waals surface area contributed by atoms with Gasteiger partial charge in [-0.2, -0.15) is 5.26 Å². The minimum Gasteiger partial charge on any atom is -0.293 e. The average molecular weight is 276 g/mol. The number of carbonyl (C=O) groups excluding carboxylic acids is 1. The number of Topliss-reactive ketones (excluding diaryl/α,β-unsaturated/α-hetero) is 1. The Morgan fingerprint density at radius 2 is 2.05 bits per heavy atom. The van der Waals surface area contributed by atoms with Gasteiger partial charge in [0.25, 0.3) is 0 Å². The minimum atomic E-state index is -0.525. The van der Waals surface area contributed by atoms with Crippen LogP contribution in [0.4, 0.5) is 0 Å². The number of fused-ring (bicyclic) bond motifs is 1. The summed E-state index contributed by atoms with van der Waals surface area (Å²) < 4.78 is 0. The van der Waals surface area contributed by atoms with Crippen LogP contribution >= 0.6 is 0 Å². The van der Waals surface area contributed by atoms with Crippen molar-refractivity contribution < 1.29 is 4.79 Å². The topological polar surface area (TPSA) is 53.8 Å². The van der Waals surface area contributed by atoms with Crippen molar-refractivity contribution in [3.05, 3.63) is 53.9 Å². The highest BCUT2D eigenvalue weighted by Gasteiger charge is 2.38. The van der Waals surface area contributed by atoms with Gasteiger partial charge in [-0.25, -0.2) is 0 Å². The second-order valence-corrected chi connectivity index (χ2v) is 6.13. The average Bonchev–Trinajstić information content (AvgIpc) is 2.49. The van der Waals surface area contributed by atoms with Gasteiger partial charge in [-0.05, 0) is 17.9 Å². The summed E-state index contributed by atoms with van der Waals surface area (Å²) in [5, 5.41) is 11.4. The molecule has 1 atom stereocenters. The summed E-state index contributed by atoms with van der Waals surface area (Å²) in [6, 6.07) is 12.1. The summed E-state index contributed by atoms with van der Waals surface area (Å²) in [4.78, 5) is 16.7. The highest BCUT2D eigenvalue weighted by molar-refractivity contribution is 6.04. The van der Waals surface area contributed by atoms with Gasteiger partial charge in [-0.1, -0.05) is 44.2 Å². The lowest BCUT2D eigenvalue weighted by molar-refractivity contribution is -0.123. The number of hydrogen-bond donors (Lipinski definition) is 0. The van der Waals surface area contributed by atoms with E-state index in [0.29, 0.717) is 6.42 Å². The van der Waals surface area contributed by atoms with E-state index in [-0.39, 0.29) is 17.3 Å². The van der Waals surface area contributed by atoms with E-state index in [1.54, 1.807) is 12.3 Å². The maximum atomic E-state index is 12.2. The predicted molar refractivity (Wildman–Crippen MR) is 81.6 cm³/mol. The monoisotopic (exact) mass is 276 g/mol. The second-order valence-electron chi connectivity index (χ2n) is 6.13. The molecule has 1 aromatic carbocycles. The molecule has 0 saturated heterocycles. The van der Waals surface area contributed by atoms with Crippen molar-refractivity contribution in [2.24, 2.45) is 5.41 Å². The lowest BCUT2D eigenvalue weighted by Gasteiger charge is -2.31. The van der Waals surface area contributed by atoms with Crippen molar-refractivity contribution in [3.8, 4) is 6.07 Å². The summed E-state index contributed by atoms with van der Waals surface area (Å²) in [6.45, 7) is 3.80. The molecule has 104 valence electrons. The second kappa shape index (κ2) is 4.82. The van der Waals surface area contributed by atoms with Gasteiger partial charge in [0.05, 0.1) is 11.3 Å². The molecule has 1 aliphatic rings. The van der Waals surface area contributed by atoms with Crippen LogP contribution in [0.15, 0.2) is 48.2 Å². The SMILES string of the molecule is CC1(C)CC(c2nccc3ccccc23)C=C(C#N)C1=O. The first-order valence-corrected chi connectivity index (χ1v) is 7.03. The van der Waals surface area contributed by atoms with Gasteiger partial charge in [0.1, 0.15) is 6.07 Å². The Morgan fingerprint density at radius 1 is 1.29 bits per heavy atom. The number of benzene rings is 1. The Labute approximate surface area is 123 Å². The molecule has 0 bridgehead atoms. The Balaban J connectivity index is 2.17. The van der Waals surface area contributed by atoms with Gasteiger partial charge in [0.2, 0.25) is 0 Å². The van der Waals surface area contributed by atoms with E-state index in [9.17, 15) is 10.1 Å². The number of rotatable bonds is 1. The highest BCUT2D eigenvalue weighted by atomic mass is 16.1. The van der Waals surface area contributed by atoms with E-state index in [0.717, 1.165) is 16.5 Å². The largest absolute Gasteiger partial charge is 0.293 e. The van der Waals surface area contributed by atoms with Crippen molar-refractivity contribution in [3.63, 3.8) is 0 Å². The van der Waals surface area contributed by atoms with E-state index in [1.807, 2.05) is 44.2 Å². The molecule has 1 aromatic heterocycles. The van der Waals surface area contributed by atoms with Crippen LogP contribution < -0.4 is 0 Å². The molecule has 0 saturated carbocycles. The van der Waals surface area contributed by atoms with Crippen LogP contribution in [0.1, 0.15) is 31.9 Å². The van der Waals surface area contributed by atoms with Crippen molar-refractivity contribution >= 4 is 16.6 Å². The molecule has 0 spiro atoms. The van der Waals surface area contributed by atoms with E-state index in [1.165, 1.54) is 0 Å². The number of nitrogens with zero attached hydrogens (tertiary/aromatic N) is 2. The quantitative estimate of drug-likeness (QED) is 0.796. The maximum Gasteiger partial charge on any atom is 0.178 e. The third-order valence-corrected chi connectivity index (χ3v) is 4.13. The van der Waals surface area contributed by atoms with Crippen molar-refractivity contribution in [2.75, 3.05) is 0 Å². The Morgan fingerprint density at radius 3 is 2.81 bits per heavy atom. The summed E-state index contributed by atoms with van der Waals surface area (Å²) in [6.07, 6.45) is 4.25. The number of nitriles is 1. The van der Waals surface area contributed by atoms with Crippen LogP contribution in [-0.4, -0.2) is 10.8 Å². The fourth-order valence-electron chi connectivity index (χ4n) is 3.04. The molecule has 1 unspecified atom stereocenters. The summed E-state index contributed by atoms with van der Waals surface area (Å²) in [5.74, 6) is -0.0695. The normalized spacial score (nSPS) is 20.9. The van der Waals surface area contributed by atoms with Crippen LogP contribution in [0.3, 0.4) is 0 Å². The lowest BCUT2D eigenvalue weighted by atomic mass is 9.71.